The summed E-state index contributed by atoms with van der Waals surface area (Å²) < 4.78 is 0. The topological polar surface area (TPSA) is 12.9 Å². The molecule has 0 saturated carbocycles. The molecule has 28 heavy (non-hydrogen) atoms. The maximum Gasteiger partial charge on any atom is 0.0792 e. The van der Waals surface area contributed by atoms with Gasteiger partial charge in [-0.25, -0.2) is 0 Å². The third-order valence-electron chi connectivity index (χ3n) is 5.62. The van der Waals surface area contributed by atoms with Crippen LogP contribution in [0.2, 0.25) is 0 Å². The van der Waals surface area contributed by atoms with Gasteiger partial charge in [-0.3, -0.25) is 4.98 Å². The van der Waals surface area contributed by atoms with Crippen LogP contribution in [-0.2, 0) is 6.42 Å². The van der Waals surface area contributed by atoms with E-state index in [2.05, 4.69) is 88.4 Å². The van der Waals surface area contributed by atoms with Crippen molar-refractivity contribution in [3.8, 4) is 33.5 Å². The highest BCUT2D eigenvalue weighted by Crippen LogP contribution is 2.47. The Kier molecular flexibility index (Phi) is 3.71. The van der Waals surface area contributed by atoms with Gasteiger partial charge in [-0.05, 0) is 58.0 Å². The molecule has 1 nitrogen and oxygen atoms in total. The third-order valence-corrected chi connectivity index (χ3v) is 5.62. The van der Waals surface area contributed by atoms with Gasteiger partial charge in [-0.2, -0.15) is 0 Å². The first kappa shape index (κ1) is 17.2. The minimum Gasteiger partial charge on any atom is -0.256 e. The molecule has 138 valence electrons. The number of pyridine rings is 1. The van der Waals surface area contributed by atoms with Gasteiger partial charge in [0.15, 0.2) is 0 Å². The van der Waals surface area contributed by atoms with Crippen LogP contribution in [0.15, 0.2) is 66.9 Å². The van der Waals surface area contributed by atoms with Crippen molar-refractivity contribution in [1.82, 2.24) is 4.98 Å². The van der Waals surface area contributed by atoms with Gasteiger partial charge in [0.05, 0.1) is 5.69 Å². The second kappa shape index (κ2) is 6.04. The van der Waals surface area contributed by atoms with Gasteiger partial charge in [0.1, 0.15) is 0 Å². The van der Waals surface area contributed by atoms with Gasteiger partial charge in [0, 0.05) is 17.1 Å². The standard InChI is InChI=1S/C27H25N/c1-17-8-10-20-21-7-5-6-19-12-13-28-26(25(19)21)22-11-9-18(16-27(2,3)4)15-24(22)23(20)14-17/h5-15H,16H2,1-4H3. The lowest BCUT2D eigenvalue weighted by Crippen LogP contribution is -2.09. The molecule has 0 amide bonds. The Labute approximate surface area is 167 Å². The minimum atomic E-state index is 0.260. The summed E-state index contributed by atoms with van der Waals surface area (Å²) in [4.78, 5) is 4.85. The van der Waals surface area contributed by atoms with Crippen molar-refractivity contribution < 1.29 is 0 Å². The molecule has 1 heteroatoms. The van der Waals surface area contributed by atoms with Gasteiger partial charge < -0.3 is 0 Å². The lowest BCUT2D eigenvalue weighted by molar-refractivity contribution is 0.411. The average Bonchev–Trinajstić information content (AvgIpc) is 2.76. The first-order valence-corrected chi connectivity index (χ1v) is 10.0. The van der Waals surface area contributed by atoms with Crippen LogP contribution in [0.25, 0.3) is 44.3 Å². The van der Waals surface area contributed by atoms with Gasteiger partial charge >= 0.3 is 0 Å². The molecule has 1 aliphatic carbocycles. The van der Waals surface area contributed by atoms with Crippen LogP contribution in [0.3, 0.4) is 0 Å². The maximum absolute atomic E-state index is 4.85. The van der Waals surface area contributed by atoms with E-state index in [1.165, 1.54) is 49.7 Å². The molecular formula is C27H25N. The van der Waals surface area contributed by atoms with E-state index in [9.17, 15) is 0 Å². The second-order valence-corrected chi connectivity index (χ2v) is 9.23. The highest BCUT2D eigenvalue weighted by Gasteiger charge is 2.23. The Morgan fingerprint density at radius 1 is 0.750 bits per heavy atom. The van der Waals surface area contributed by atoms with Gasteiger partial charge in [0.25, 0.3) is 0 Å². The monoisotopic (exact) mass is 363 g/mol. The molecule has 0 unspecified atom stereocenters. The van der Waals surface area contributed by atoms with Gasteiger partial charge in [-0.15, -0.1) is 0 Å². The largest absolute Gasteiger partial charge is 0.256 e. The van der Waals surface area contributed by atoms with Crippen molar-refractivity contribution in [2.24, 2.45) is 5.41 Å². The summed E-state index contributed by atoms with van der Waals surface area (Å²) in [7, 11) is 0. The van der Waals surface area contributed by atoms with E-state index in [0.29, 0.717) is 0 Å². The molecule has 0 atom stereocenters. The fourth-order valence-corrected chi connectivity index (χ4v) is 4.52. The van der Waals surface area contributed by atoms with Crippen LogP contribution in [0.1, 0.15) is 31.9 Å². The Hall–Kier alpha value is -2.93. The minimum absolute atomic E-state index is 0.260. The first-order chi connectivity index (χ1) is 13.4. The van der Waals surface area contributed by atoms with Crippen molar-refractivity contribution in [2.75, 3.05) is 0 Å². The fraction of sp³-hybridized carbons (Fsp3) is 0.222. The summed E-state index contributed by atoms with van der Waals surface area (Å²) in [5.41, 5.74) is 10.5. The zero-order valence-corrected chi connectivity index (χ0v) is 17.0. The molecule has 0 N–H and O–H groups in total. The molecule has 0 fully saturated rings. The smallest absolute Gasteiger partial charge is 0.0792 e. The number of aromatic nitrogens is 1. The zero-order chi connectivity index (χ0) is 19.5. The van der Waals surface area contributed by atoms with Crippen LogP contribution in [0.5, 0.6) is 0 Å². The van der Waals surface area contributed by atoms with Crippen LogP contribution >= 0.6 is 0 Å². The zero-order valence-electron chi connectivity index (χ0n) is 17.0. The molecular weight excluding hydrogens is 338 g/mol. The van der Waals surface area contributed by atoms with E-state index < -0.39 is 0 Å². The maximum atomic E-state index is 4.85. The number of hydrogen-bond acceptors (Lipinski definition) is 1. The number of aryl methyl sites for hydroxylation is 1. The predicted molar refractivity (Wildman–Crippen MR) is 120 cm³/mol. The van der Waals surface area contributed by atoms with Crippen molar-refractivity contribution in [3.63, 3.8) is 0 Å². The third kappa shape index (κ3) is 2.74. The fourth-order valence-electron chi connectivity index (χ4n) is 4.52. The highest BCUT2D eigenvalue weighted by molar-refractivity contribution is 6.12. The number of fused-ring (bicyclic) bond motifs is 5. The number of benzene rings is 3. The van der Waals surface area contributed by atoms with Crippen LogP contribution < -0.4 is 0 Å². The van der Waals surface area contributed by atoms with E-state index in [-0.39, 0.29) is 5.41 Å². The Morgan fingerprint density at radius 2 is 1.54 bits per heavy atom. The van der Waals surface area contributed by atoms with Crippen molar-refractivity contribution in [2.45, 2.75) is 34.1 Å². The molecule has 1 aromatic heterocycles. The summed E-state index contributed by atoms with van der Waals surface area (Å²) in [5, 5.41) is 2.51. The number of hydrogen-bond donors (Lipinski definition) is 0. The van der Waals surface area contributed by atoms with Crippen molar-refractivity contribution in [3.05, 3.63) is 78.0 Å². The second-order valence-electron chi connectivity index (χ2n) is 9.23. The van der Waals surface area contributed by atoms with E-state index >= 15 is 0 Å². The Morgan fingerprint density at radius 3 is 2.36 bits per heavy atom. The number of nitrogens with zero attached hydrogens (tertiary/aromatic N) is 1. The van der Waals surface area contributed by atoms with Gasteiger partial charge in [0.2, 0.25) is 0 Å². The van der Waals surface area contributed by atoms with Crippen LogP contribution in [0, 0.1) is 12.3 Å². The SMILES string of the molecule is Cc1ccc2c(c1)-c1cc(CC(C)(C)C)ccc1-c1nccc3cccc-2c13. The lowest BCUT2D eigenvalue weighted by atomic mass is 9.85. The Balaban J connectivity index is 1.90. The van der Waals surface area contributed by atoms with E-state index in [1.807, 2.05) is 6.20 Å². The molecule has 1 aliphatic rings. The summed E-state index contributed by atoms with van der Waals surface area (Å²) in [6, 6.07) is 22.5. The summed E-state index contributed by atoms with van der Waals surface area (Å²) in [6.45, 7) is 9.08. The molecule has 5 rings (SSSR count). The molecule has 0 saturated heterocycles. The van der Waals surface area contributed by atoms with Crippen LogP contribution in [0.4, 0.5) is 0 Å². The molecule has 0 aliphatic heterocycles. The van der Waals surface area contributed by atoms with E-state index in [4.69, 9.17) is 4.98 Å². The highest BCUT2D eigenvalue weighted by atomic mass is 14.7. The molecule has 1 heterocycles. The predicted octanol–water partition coefficient (Wildman–Crippen LogP) is 7.45. The van der Waals surface area contributed by atoms with E-state index in [0.717, 1.165) is 12.1 Å². The quantitative estimate of drug-likeness (QED) is 0.301. The molecule has 0 radical (unpaired) electrons. The molecule has 0 spiro atoms. The molecule has 0 bridgehead atoms. The Bertz CT molecular complexity index is 1220. The van der Waals surface area contributed by atoms with Crippen molar-refractivity contribution >= 4 is 10.8 Å². The lowest BCUT2D eigenvalue weighted by Gasteiger charge is -2.20. The van der Waals surface area contributed by atoms with Crippen molar-refractivity contribution in [1.29, 1.82) is 0 Å². The average molecular weight is 364 g/mol. The number of rotatable bonds is 1. The van der Waals surface area contributed by atoms with E-state index in [1.54, 1.807) is 0 Å². The normalized spacial score (nSPS) is 12.4. The summed E-state index contributed by atoms with van der Waals surface area (Å²) in [5.74, 6) is 0. The molecule has 3 aromatic carbocycles. The summed E-state index contributed by atoms with van der Waals surface area (Å²) >= 11 is 0. The molecule has 4 aromatic rings. The first-order valence-electron chi connectivity index (χ1n) is 10.0. The summed E-state index contributed by atoms with van der Waals surface area (Å²) in [6.07, 6.45) is 3.00. The van der Waals surface area contributed by atoms with Crippen LogP contribution in [-0.4, -0.2) is 4.98 Å². The van der Waals surface area contributed by atoms with Gasteiger partial charge in [-0.1, -0.05) is 80.9 Å².